The Labute approximate surface area is 146 Å². The molecule has 5 nitrogen and oxygen atoms in total. The molecule has 0 aromatic heterocycles. The smallest absolute Gasteiger partial charge is 0.193 e. The number of hydrogen-bond donors (Lipinski definition) is 1. The second-order valence-corrected chi connectivity index (χ2v) is 6.82. The van der Waals surface area contributed by atoms with Crippen molar-refractivity contribution in [2.24, 2.45) is 4.99 Å². The van der Waals surface area contributed by atoms with Crippen LogP contribution >= 0.6 is 11.8 Å². The highest BCUT2D eigenvalue weighted by molar-refractivity contribution is 7.98. The number of guanidine groups is 1. The Morgan fingerprint density at radius 2 is 2.00 bits per heavy atom. The molecule has 1 aliphatic rings. The molecule has 0 spiro atoms. The summed E-state index contributed by atoms with van der Waals surface area (Å²) in [6.45, 7) is 7.65. The summed E-state index contributed by atoms with van der Waals surface area (Å²) in [6, 6.07) is 0. The molecule has 0 bridgehead atoms. The van der Waals surface area contributed by atoms with Gasteiger partial charge in [0.15, 0.2) is 5.96 Å². The Hall–Kier alpha value is -0.460. The van der Waals surface area contributed by atoms with Crippen molar-refractivity contribution >= 4 is 17.7 Å². The molecule has 0 unspecified atom stereocenters. The zero-order valence-corrected chi connectivity index (χ0v) is 16.0. The first-order valence-electron chi connectivity index (χ1n) is 8.94. The summed E-state index contributed by atoms with van der Waals surface area (Å²) in [5, 5.41) is 3.43. The lowest BCUT2D eigenvalue weighted by molar-refractivity contribution is 0.00990. The van der Waals surface area contributed by atoms with Gasteiger partial charge in [-0.2, -0.15) is 11.8 Å². The number of ether oxygens (including phenoxy) is 2. The van der Waals surface area contributed by atoms with E-state index in [1.165, 1.54) is 18.6 Å². The van der Waals surface area contributed by atoms with Crippen LogP contribution in [0.5, 0.6) is 0 Å². The average molecular weight is 346 g/mol. The number of piperidine rings is 1. The van der Waals surface area contributed by atoms with Gasteiger partial charge in [-0.1, -0.05) is 0 Å². The Bertz CT molecular complexity index is 308. The minimum absolute atomic E-state index is 0.396. The molecule has 1 rings (SSSR count). The monoisotopic (exact) mass is 345 g/mol. The lowest BCUT2D eigenvalue weighted by atomic mass is 10.1. The van der Waals surface area contributed by atoms with Crippen LogP contribution < -0.4 is 5.32 Å². The first-order valence-corrected chi connectivity index (χ1v) is 10.3. The van der Waals surface area contributed by atoms with Gasteiger partial charge >= 0.3 is 0 Å². The summed E-state index contributed by atoms with van der Waals surface area (Å²) in [5.41, 5.74) is 0. The van der Waals surface area contributed by atoms with E-state index < -0.39 is 0 Å². The minimum Gasteiger partial charge on any atom is -0.385 e. The largest absolute Gasteiger partial charge is 0.385 e. The van der Waals surface area contributed by atoms with Gasteiger partial charge < -0.3 is 19.7 Å². The number of nitrogens with one attached hydrogen (secondary N) is 1. The molecule has 0 radical (unpaired) electrons. The average Bonchev–Trinajstić information content (AvgIpc) is 2.58. The zero-order chi connectivity index (χ0) is 16.8. The van der Waals surface area contributed by atoms with Crippen LogP contribution in [0.2, 0.25) is 0 Å². The zero-order valence-electron chi connectivity index (χ0n) is 15.2. The molecule has 0 atom stereocenters. The maximum absolute atomic E-state index is 5.93. The van der Waals surface area contributed by atoms with Crippen LogP contribution in [0.3, 0.4) is 0 Å². The van der Waals surface area contributed by atoms with Gasteiger partial charge in [0.1, 0.15) is 0 Å². The van der Waals surface area contributed by atoms with Gasteiger partial charge in [-0.05, 0) is 51.0 Å². The van der Waals surface area contributed by atoms with Crippen LogP contribution in [-0.4, -0.2) is 75.5 Å². The number of nitrogens with zero attached hydrogens (tertiary/aromatic N) is 2. The predicted octanol–water partition coefficient (Wildman–Crippen LogP) is 2.61. The summed E-state index contributed by atoms with van der Waals surface area (Å²) in [4.78, 5) is 7.17. The number of thioether (sulfide) groups is 1. The van der Waals surface area contributed by atoms with Crippen molar-refractivity contribution in [3.8, 4) is 0 Å². The van der Waals surface area contributed by atoms with E-state index in [4.69, 9.17) is 14.5 Å². The van der Waals surface area contributed by atoms with Crippen molar-refractivity contribution in [1.82, 2.24) is 10.2 Å². The number of hydrogen-bond acceptors (Lipinski definition) is 4. The van der Waals surface area contributed by atoms with Gasteiger partial charge in [-0.3, -0.25) is 4.99 Å². The Kier molecular flexibility index (Phi) is 12.5. The lowest BCUT2D eigenvalue weighted by Crippen LogP contribution is -2.47. The van der Waals surface area contributed by atoms with Gasteiger partial charge in [-0.15, -0.1) is 0 Å². The molecule has 0 saturated carbocycles. The molecular weight excluding hydrogens is 310 g/mol. The first kappa shape index (κ1) is 20.6. The maximum Gasteiger partial charge on any atom is 0.193 e. The van der Waals surface area contributed by atoms with E-state index in [0.717, 1.165) is 64.6 Å². The van der Waals surface area contributed by atoms with Crippen LogP contribution in [0.1, 0.15) is 39.0 Å². The number of rotatable bonds is 11. The molecule has 136 valence electrons. The highest BCUT2D eigenvalue weighted by Crippen LogP contribution is 2.14. The van der Waals surface area contributed by atoms with Gasteiger partial charge in [0.2, 0.25) is 0 Å². The Morgan fingerprint density at radius 1 is 1.22 bits per heavy atom. The molecule has 0 aliphatic carbocycles. The van der Waals surface area contributed by atoms with E-state index in [-0.39, 0.29) is 0 Å². The number of likely N-dealkylation sites (tertiary alicyclic amines) is 1. The third-order valence-electron chi connectivity index (χ3n) is 3.94. The maximum atomic E-state index is 5.93. The second kappa shape index (κ2) is 13.9. The molecule has 1 fully saturated rings. The molecule has 6 heteroatoms. The minimum atomic E-state index is 0.396. The topological polar surface area (TPSA) is 46.1 Å². The fourth-order valence-corrected chi connectivity index (χ4v) is 3.15. The van der Waals surface area contributed by atoms with Gasteiger partial charge in [0.05, 0.1) is 6.10 Å². The Balaban J connectivity index is 2.28. The molecule has 0 aromatic rings. The molecule has 1 heterocycles. The van der Waals surface area contributed by atoms with Crippen LogP contribution in [0.25, 0.3) is 0 Å². The Morgan fingerprint density at radius 3 is 2.65 bits per heavy atom. The molecule has 1 aliphatic heterocycles. The second-order valence-electron chi connectivity index (χ2n) is 5.84. The molecule has 1 N–H and O–H groups in total. The quantitative estimate of drug-likeness (QED) is 0.354. The van der Waals surface area contributed by atoms with E-state index in [0.29, 0.717) is 6.10 Å². The molecule has 1 saturated heterocycles. The van der Waals surface area contributed by atoms with Crippen LogP contribution in [-0.2, 0) is 9.47 Å². The SMILES string of the molecule is CCNC(=NCCCCSC)N1CCC(OCCCOC)CC1. The van der Waals surface area contributed by atoms with E-state index in [1.54, 1.807) is 7.11 Å². The summed E-state index contributed by atoms with van der Waals surface area (Å²) < 4.78 is 11.0. The van der Waals surface area contributed by atoms with Gasteiger partial charge in [0.25, 0.3) is 0 Å². The van der Waals surface area contributed by atoms with Crippen LogP contribution in [0.15, 0.2) is 4.99 Å². The van der Waals surface area contributed by atoms with Crippen LogP contribution in [0, 0.1) is 0 Å². The third kappa shape index (κ3) is 9.42. The van der Waals surface area contributed by atoms with Crippen molar-refractivity contribution in [2.45, 2.75) is 45.1 Å². The standard InChI is InChI=1S/C17H35N3O2S/c1-4-18-17(19-10-5-6-15-23-3)20-11-8-16(9-12-20)22-14-7-13-21-2/h16H,4-15H2,1-3H3,(H,18,19). The van der Waals surface area contributed by atoms with Crippen molar-refractivity contribution < 1.29 is 9.47 Å². The van der Waals surface area contributed by atoms with E-state index in [2.05, 4.69) is 23.4 Å². The van der Waals surface area contributed by atoms with Crippen LogP contribution in [0.4, 0.5) is 0 Å². The molecule has 23 heavy (non-hydrogen) atoms. The van der Waals surface area contributed by atoms with Crippen molar-refractivity contribution in [2.75, 3.05) is 58.5 Å². The number of aliphatic imine (C=N–C) groups is 1. The summed E-state index contributed by atoms with van der Waals surface area (Å²) in [5.74, 6) is 2.31. The highest BCUT2D eigenvalue weighted by Gasteiger charge is 2.21. The highest BCUT2D eigenvalue weighted by atomic mass is 32.2. The van der Waals surface area contributed by atoms with E-state index in [9.17, 15) is 0 Å². The molecule has 0 amide bonds. The van der Waals surface area contributed by atoms with Gasteiger partial charge in [-0.25, -0.2) is 0 Å². The van der Waals surface area contributed by atoms with E-state index >= 15 is 0 Å². The fraction of sp³-hybridized carbons (Fsp3) is 0.941. The van der Waals surface area contributed by atoms with Crippen molar-refractivity contribution in [1.29, 1.82) is 0 Å². The fourth-order valence-electron chi connectivity index (χ4n) is 2.66. The van der Waals surface area contributed by atoms with Crippen molar-refractivity contribution in [3.63, 3.8) is 0 Å². The van der Waals surface area contributed by atoms with E-state index in [1.807, 2.05) is 11.8 Å². The number of methoxy groups -OCH3 is 1. The molecular formula is C17H35N3O2S. The third-order valence-corrected chi connectivity index (χ3v) is 4.64. The summed E-state index contributed by atoms with van der Waals surface area (Å²) in [7, 11) is 1.74. The normalized spacial score (nSPS) is 16.8. The molecule has 0 aromatic carbocycles. The summed E-state index contributed by atoms with van der Waals surface area (Å²) >= 11 is 1.91. The number of unbranched alkanes of at least 4 members (excludes halogenated alkanes) is 1. The summed E-state index contributed by atoms with van der Waals surface area (Å²) in [6.07, 6.45) is 8.14. The predicted molar refractivity (Wildman–Crippen MR) is 101 cm³/mol. The first-order chi connectivity index (χ1) is 11.3. The van der Waals surface area contributed by atoms with Crippen molar-refractivity contribution in [3.05, 3.63) is 0 Å². The lowest BCUT2D eigenvalue weighted by Gasteiger charge is -2.34. The van der Waals surface area contributed by atoms with Gasteiger partial charge in [0, 0.05) is 46.5 Å².